The number of methoxy groups -OCH3 is 1. The first-order valence-electron chi connectivity index (χ1n) is 17.6. The lowest BCUT2D eigenvalue weighted by atomic mass is 9.81. The summed E-state index contributed by atoms with van der Waals surface area (Å²) in [4.78, 5) is 58.1. The fraction of sp³-hybridized carbons (Fsp3) is 0.514. The lowest BCUT2D eigenvalue weighted by Crippen LogP contribution is -2.68. The summed E-state index contributed by atoms with van der Waals surface area (Å²) in [5, 5.41) is 0.976. The number of carbonyl (C=O) groups is 4. The molecule has 4 unspecified atom stereocenters. The zero-order valence-electron chi connectivity index (χ0n) is 28.9. The number of piperazine rings is 1. The largest absolute Gasteiger partial charge is 0.497 e. The number of aromatic nitrogens is 1. The van der Waals surface area contributed by atoms with Gasteiger partial charge in [-0.2, -0.15) is 12.7 Å². The van der Waals surface area contributed by atoms with Gasteiger partial charge in [0, 0.05) is 55.6 Å². The van der Waals surface area contributed by atoms with E-state index in [9.17, 15) is 22.8 Å². The van der Waals surface area contributed by atoms with Crippen LogP contribution in [0.4, 0.5) is 0 Å². The van der Waals surface area contributed by atoms with Crippen LogP contribution in [0.5, 0.6) is 5.75 Å². The Bertz CT molecular complexity index is 2060. The van der Waals surface area contributed by atoms with Crippen molar-refractivity contribution in [3.8, 4) is 17.0 Å². The molecule has 1 N–H and O–H groups in total. The number of nitrogens with one attached hydrogen (secondary N) is 1. The molecule has 3 aliphatic heterocycles. The van der Waals surface area contributed by atoms with E-state index >= 15 is 4.79 Å². The molecule has 4 atom stereocenters. The van der Waals surface area contributed by atoms with Gasteiger partial charge in [-0.1, -0.05) is 25.3 Å². The number of amides is 4. The summed E-state index contributed by atoms with van der Waals surface area (Å²) in [6.45, 7) is 0.293. The van der Waals surface area contributed by atoms with E-state index in [1.165, 1.54) is 38.0 Å². The molecule has 0 spiro atoms. The van der Waals surface area contributed by atoms with E-state index in [0.29, 0.717) is 38.0 Å². The van der Waals surface area contributed by atoms with E-state index < -0.39 is 33.6 Å². The Morgan fingerprint density at radius 2 is 1.64 bits per heavy atom. The van der Waals surface area contributed by atoms with Gasteiger partial charge in [0.15, 0.2) is 0 Å². The van der Waals surface area contributed by atoms with Crippen molar-refractivity contribution in [2.75, 3.05) is 28.3 Å². The van der Waals surface area contributed by atoms with Crippen molar-refractivity contribution in [2.45, 2.75) is 88.3 Å². The zero-order valence-corrected chi connectivity index (χ0v) is 29.7. The molecule has 4 fully saturated rings. The molecule has 13 heteroatoms. The summed E-state index contributed by atoms with van der Waals surface area (Å²) >= 11 is 0. The fourth-order valence-corrected chi connectivity index (χ4v) is 9.80. The molecule has 2 aromatic carbocycles. The Morgan fingerprint density at radius 3 is 2.30 bits per heavy atom. The average Bonchev–Trinajstić information content (AvgIpc) is 3.79. The van der Waals surface area contributed by atoms with E-state index in [-0.39, 0.29) is 35.1 Å². The van der Waals surface area contributed by atoms with Crippen molar-refractivity contribution in [2.24, 2.45) is 5.41 Å². The van der Waals surface area contributed by atoms with Gasteiger partial charge in [0.1, 0.15) is 17.8 Å². The smallest absolute Gasteiger partial charge is 0.303 e. The Hall–Kier alpha value is -4.23. The van der Waals surface area contributed by atoms with Crippen molar-refractivity contribution < 1.29 is 32.3 Å². The van der Waals surface area contributed by atoms with Crippen LogP contribution in [-0.4, -0.2) is 91.1 Å². The minimum absolute atomic E-state index is 0.170. The lowest BCUT2D eigenvalue weighted by molar-refractivity contribution is -0.171. The van der Waals surface area contributed by atoms with E-state index in [4.69, 9.17) is 4.74 Å². The third-order valence-electron chi connectivity index (χ3n) is 12.0. The summed E-state index contributed by atoms with van der Waals surface area (Å²) in [6, 6.07) is 10.0. The summed E-state index contributed by atoms with van der Waals surface area (Å²) in [5.41, 5.74) is 4.21. The number of hydrogen-bond donors (Lipinski definition) is 1. The average molecular weight is 702 g/mol. The standard InChI is InChI=1S/C37H43N5O7S/c1-39(2)50(47,48)38-33(43)22-13-15-25-30(17-22)41-20-37(36(46)42-28-11-8-12-29(42)35(45)40(3)34(28)44)19-27(37)26-18-23(49-4)14-16-24(26)32(41)31(25)21-9-6-5-7-10-21/h13-18,21,27-29H,5-12,19-20H2,1-4H3,(H,38,43). The fourth-order valence-electron chi connectivity index (χ4n) is 9.27. The first-order valence-corrected chi connectivity index (χ1v) is 19.0. The molecule has 4 heterocycles. The normalized spacial score (nSPS) is 26.3. The molecule has 2 bridgehead atoms. The third-order valence-corrected chi connectivity index (χ3v) is 13.4. The number of nitrogens with zero attached hydrogens (tertiary/aromatic N) is 4. The number of ether oxygens (including phenoxy) is 1. The molecule has 2 aliphatic carbocycles. The molecule has 2 saturated heterocycles. The minimum atomic E-state index is -4.03. The van der Waals surface area contributed by atoms with Crippen molar-refractivity contribution in [1.82, 2.24) is 23.4 Å². The number of rotatable bonds is 6. The van der Waals surface area contributed by atoms with Crippen LogP contribution in [-0.2, 0) is 31.1 Å². The van der Waals surface area contributed by atoms with Crippen LogP contribution < -0.4 is 9.46 Å². The molecular weight excluding hydrogens is 659 g/mol. The summed E-state index contributed by atoms with van der Waals surface area (Å²) in [5.74, 6) is -0.816. The number of fused-ring (bicyclic) bond motifs is 9. The van der Waals surface area contributed by atoms with Crippen LogP contribution in [0.1, 0.15) is 91.1 Å². The summed E-state index contributed by atoms with van der Waals surface area (Å²) < 4.78 is 36.2. The van der Waals surface area contributed by atoms with E-state index in [1.807, 2.05) is 18.2 Å². The highest BCUT2D eigenvalue weighted by molar-refractivity contribution is 7.87. The number of hydrogen-bond acceptors (Lipinski definition) is 7. The minimum Gasteiger partial charge on any atom is -0.497 e. The second kappa shape index (κ2) is 11.7. The molecular formula is C37H43N5O7S. The van der Waals surface area contributed by atoms with Gasteiger partial charge in [-0.25, -0.2) is 4.72 Å². The first kappa shape index (κ1) is 32.9. The second-order valence-electron chi connectivity index (χ2n) is 14.9. The van der Waals surface area contributed by atoms with Crippen LogP contribution >= 0.6 is 0 Å². The molecule has 50 heavy (non-hydrogen) atoms. The highest BCUT2D eigenvalue weighted by Crippen LogP contribution is 2.66. The van der Waals surface area contributed by atoms with Crippen LogP contribution in [0.2, 0.25) is 0 Å². The van der Waals surface area contributed by atoms with Gasteiger partial charge in [0.2, 0.25) is 5.91 Å². The van der Waals surface area contributed by atoms with E-state index in [0.717, 1.165) is 57.7 Å². The van der Waals surface area contributed by atoms with Gasteiger partial charge in [-0.05, 0) is 85.9 Å². The van der Waals surface area contributed by atoms with Gasteiger partial charge >= 0.3 is 10.2 Å². The monoisotopic (exact) mass is 701 g/mol. The van der Waals surface area contributed by atoms with Crippen LogP contribution in [0.25, 0.3) is 22.2 Å². The first-order chi connectivity index (χ1) is 23.9. The van der Waals surface area contributed by atoms with Crippen molar-refractivity contribution in [3.05, 3.63) is 53.1 Å². The highest BCUT2D eigenvalue weighted by atomic mass is 32.2. The SMILES string of the molecule is COc1ccc2c(c1)C1CC1(C(=O)N1C3CCCC1C(=O)N(C)C3=O)Cn1c-2c(C2CCCCC2)c2ccc(C(=O)NS(=O)(=O)N(C)C)cc21. The zero-order chi connectivity index (χ0) is 35.3. The van der Waals surface area contributed by atoms with Crippen LogP contribution in [0, 0.1) is 5.41 Å². The predicted octanol–water partition coefficient (Wildman–Crippen LogP) is 4.14. The molecule has 2 saturated carbocycles. The number of benzene rings is 2. The Morgan fingerprint density at radius 1 is 0.940 bits per heavy atom. The summed E-state index contributed by atoms with van der Waals surface area (Å²) in [7, 11) is 1.81. The Kier molecular flexibility index (Phi) is 7.68. The lowest BCUT2D eigenvalue weighted by Gasteiger charge is -2.48. The maximum Gasteiger partial charge on any atom is 0.303 e. The van der Waals surface area contributed by atoms with Crippen molar-refractivity contribution >= 4 is 44.7 Å². The van der Waals surface area contributed by atoms with Gasteiger partial charge in [-0.3, -0.25) is 24.1 Å². The van der Waals surface area contributed by atoms with Crippen LogP contribution in [0.3, 0.4) is 0 Å². The van der Waals surface area contributed by atoms with Crippen molar-refractivity contribution in [1.29, 1.82) is 0 Å². The second-order valence-corrected chi connectivity index (χ2v) is 16.8. The number of carbonyl (C=O) groups excluding carboxylic acids is 4. The Balaban J connectivity index is 1.33. The number of likely N-dealkylation sites (N-methyl/N-ethyl adjacent to an activating group) is 1. The Labute approximate surface area is 291 Å². The molecule has 4 amide bonds. The number of piperidine rings is 1. The molecule has 1 aromatic heterocycles. The van der Waals surface area contributed by atoms with Gasteiger partial charge in [0.25, 0.3) is 17.7 Å². The number of likely N-dealkylation sites (tertiary alicyclic amines) is 1. The number of imide groups is 1. The maximum absolute atomic E-state index is 15.1. The highest BCUT2D eigenvalue weighted by Gasteiger charge is 2.66. The third kappa shape index (κ3) is 4.83. The summed E-state index contributed by atoms with van der Waals surface area (Å²) in [6.07, 6.45) is 7.69. The quantitative estimate of drug-likeness (QED) is 0.382. The molecule has 8 rings (SSSR count). The molecule has 12 nitrogen and oxygen atoms in total. The maximum atomic E-state index is 15.1. The molecule has 5 aliphatic rings. The van der Waals surface area contributed by atoms with Gasteiger partial charge in [-0.15, -0.1) is 0 Å². The van der Waals surface area contributed by atoms with Crippen LogP contribution in [0.15, 0.2) is 36.4 Å². The van der Waals surface area contributed by atoms with Crippen molar-refractivity contribution in [3.63, 3.8) is 0 Å². The molecule has 0 radical (unpaired) electrons. The predicted molar refractivity (Wildman–Crippen MR) is 186 cm³/mol. The molecule has 264 valence electrons. The molecule has 3 aromatic rings. The van der Waals surface area contributed by atoms with E-state index in [2.05, 4.69) is 15.4 Å². The topological polar surface area (TPSA) is 138 Å². The van der Waals surface area contributed by atoms with Gasteiger partial charge < -0.3 is 14.2 Å². The van der Waals surface area contributed by atoms with E-state index in [1.54, 1.807) is 24.1 Å². The van der Waals surface area contributed by atoms with Gasteiger partial charge in [0.05, 0.1) is 18.2 Å².